The van der Waals surface area contributed by atoms with Gasteiger partial charge in [0.1, 0.15) is 15.8 Å². The van der Waals surface area contributed by atoms with E-state index in [-0.39, 0.29) is 12.2 Å². The van der Waals surface area contributed by atoms with Crippen molar-refractivity contribution in [3.05, 3.63) is 94.3 Å². The summed E-state index contributed by atoms with van der Waals surface area (Å²) in [5.41, 5.74) is 1.22. The minimum atomic E-state index is -0.478. The highest BCUT2D eigenvalue weighted by atomic mass is 35.5. The number of nitrogens with zero attached hydrogens (tertiary/aromatic N) is 1. The summed E-state index contributed by atoms with van der Waals surface area (Å²) in [6.45, 7) is 2.95. The largest absolute Gasteiger partial charge is 0.450 e. The molecule has 1 aliphatic rings. The topological polar surface area (TPSA) is 83.8 Å². The Morgan fingerprint density at radius 1 is 1.03 bits per heavy atom. The first-order valence-electron chi connectivity index (χ1n) is 11.2. The van der Waals surface area contributed by atoms with Gasteiger partial charge in [-0.2, -0.15) is 0 Å². The number of thioether (sulfide) groups is 1. The Kier molecular flexibility index (Phi) is 9.18. The van der Waals surface area contributed by atoms with E-state index in [1.165, 1.54) is 17.8 Å². The number of carbonyl (C=O) groups is 2. The van der Waals surface area contributed by atoms with E-state index in [4.69, 9.17) is 33.0 Å². The van der Waals surface area contributed by atoms with Gasteiger partial charge in [0, 0.05) is 36.3 Å². The van der Waals surface area contributed by atoms with Gasteiger partial charge in [0.05, 0.1) is 13.2 Å². The van der Waals surface area contributed by atoms with Crippen molar-refractivity contribution in [1.29, 1.82) is 0 Å². The summed E-state index contributed by atoms with van der Waals surface area (Å²) in [5.74, 6) is -0.489. The van der Waals surface area contributed by atoms with Crippen molar-refractivity contribution < 1.29 is 18.7 Å². The highest BCUT2D eigenvalue weighted by Crippen LogP contribution is 2.26. The average Bonchev–Trinajstić information content (AvgIpc) is 3.35. The lowest BCUT2D eigenvalue weighted by Gasteiger charge is -2.28. The smallest absolute Gasteiger partial charge is 0.268 e. The predicted octanol–water partition coefficient (Wildman–Crippen LogP) is 4.73. The van der Waals surface area contributed by atoms with Crippen LogP contribution in [0.25, 0.3) is 6.08 Å². The van der Waals surface area contributed by atoms with Gasteiger partial charge in [0.2, 0.25) is 0 Å². The van der Waals surface area contributed by atoms with Crippen LogP contribution in [-0.4, -0.2) is 47.3 Å². The third-order valence-corrected chi connectivity index (χ3v) is 7.00. The zero-order valence-corrected chi connectivity index (χ0v) is 21.6. The van der Waals surface area contributed by atoms with Crippen LogP contribution in [0.1, 0.15) is 21.7 Å². The summed E-state index contributed by atoms with van der Waals surface area (Å²) in [7, 11) is 0. The molecule has 2 N–H and O–H groups in total. The monoisotopic (exact) mass is 541 g/mol. The van der Waals surface area contributed by atoms with Crippen molar-refractivity contribution in [3.8, 4) is 0 Å². The molecule has 10 heteroatoms. The Balaban J connectivity index is 1.49. The Hall–Kier alpha value is -3.11. The van der Waals surface area contributed by atoms with Crippen LogP contribution in [0.5, 0.6) is 0 Å². The van der Waals surface area contributed by atoms with Crippen LogP contribution in [0.3, 0.4) is 0 Å². The minimum Gasteiger partial charge on any atom is -0.450 e. The quantitative estimate of drug-likeness (QED) is 0.254. The molecule has 36 heavy (non-hydrogen) atoms. The predicted molar refractivity (Wildman–Crippen MR) is 145 cm³/mol. The zero-order valence-electron chi connectivity index (χ0n) is 19.2. The number of ether oxygens (including phenoxy) is 1. The number of furan rings is 1. The van der Waals surface area contributed by atoms with Crippen LogP contribution >= 0.6 is 35.6 Å². The van der Waals surface area contributed by atoms with Crippen molar-refractivity contribution >= 4 is 57.8 Å². The molecule has 7 nitrogen and oxygen atoms in total. The molecule has 4 rings (SSSR count). The van der Waals surface area contributed by atoms with Crippen LogP contribution in [0.2, 0.25) is 5.02 Å². The fourth-order valence-corrected chi connectivity index (χ4v) is 4.75. The summed E-state index contributed by atoms with van der Waals surface area (Å²) in [4.78, 5) is 27.9. The van der Waals surface area contributed by atoms with E-state index in [1.807, 2.05) is 24.3 Å². The molecule has 0 saturated carbocycles. The number of carbonyl (C=O) groups excluding carboxylic acids is 2. The number of amides is 2. The molecular formula is C26H24ClN3O4S2. The van der Waals surface area contributed by atoms with Crippen LogP contribution in [0, 0.1) is 0 Å². The van der Waals surface area contributed by atoms with Gasteiger partial charge in [-0.3, -0.25) is 9.59 Å². The van der Waals surface area contributed by atoms with Gasteiger partial charge in [-0.15, -0.1) is 0 Å². The molecule has 186 valence electrons. The van der Waals surface area contributed by atoms with E-state index in [0.29, 0.717) is 39.0 Å². The maximum absolute atomic E-state index is 13.1. The number of halogens is 1. The molecule has 2 heterocycles. The zero-order chi connectivity index (χ0) is 25.3. The van der Waals surface area contributed by atoms with Crippen molar-refractivity contribution in [2.75, 3.05) is 26.3 Å². The third-order valence-electron chi connectivity index (χ3n) is 5.27. The Morgan fingerprint density at radius 2 is 1.75 bits per heavy atom. The molecule has 1 aliphatic heterocycles. The van der Waals surface area contributed by atoms with Gasteiger partial charge in [0.15, 0.2) is 5.09 Å². The molecule has 0 unspecified atom stereocenters. The van der Waals surface area contributed by atoms with E-state index in [0.717, 1.165) is 18.7 Å². The molecular weight excluding hydrogens is 518 g/mol. The first kappa shape index (κ1) is 26.0. The van der Waals surface area contributed by atoms with Crippen molar-refractivity contribution in [3.63, 3.8) is 0 Å². The molecule has 0 atom stereocenters. The SMILES string of the molecule is O=C(NCc1ccccc1Cl)C(=Cc1ccc(SC(=S)N2CCOCC2)o1)NC(=O)c1ccccc1. The molecule has 1 aromatic heterocycles. The second kappa shape index (κ2) is 12.7. The summed E-state index contributed by atoms with van der Waals surface area (Å²) in [6, 6.07) is 19.4. The van der Waals surface area contributed by atoms with Gasteiger partial charge in [0.25, 0.3) is 11.8 Å². The highest BCUT2D eigenvalue weighted by Gasteiger charge is 2.18. The van der Waals surface area contributed by atoms with Gasteiger partial charge in [-0.05, 0) is 47.7 Å². The van der Waals surface area contributed by atoms with Crippen LogP contribution in [0.15, 0.2) is 81.9 Å². The van der Waals surface area contributed by atoms with Crippen molar-refractivity contribution in [1.82, 2.24) is 15.5 Å². The molecule has 2 amide bonds. The van der Waals surface area contributed by atoms with E-state index in [1.54, 1.807) is 42.5 Å². The summed E-state index contributed by atoms with van der Waals surface area (Å²) >= 11 is 13.1. The van der Waals surface area contributed by atoms with Gasteiger partial charge >= 0.3 is 0 Å². The minimum absolute atomic E-state index is 0.0394. The van der Waals surface area contributed by atoms with Crippen LogP contribution < -0.4 is 10.6 Å². The average molecular weight is 542 g/mol. The molecule has 1 fully saturated rings. The van der Waals surface area contributed by atoms with E-state index >= 15 is 0 Å². The fraction of sp³-hybridized carbons (Fsp3) is 0.192. The number of nitrogens with one attached hydrogen (secondary N) is 2. The lowest BCUT2D eigenvalue weighted by atomic mass is 10.2. The van der Waals surface area contributed by atoms with E-state index in [2.05, 4.69) is 15.5 Å². The van der Waals surface area contributed by atoms with Crippen LogP contribution in [-0.2, 0) is 16.1 Å². The standard InChI is InChI=1S/C26H24ClN3O4S2/c27-21-9-5-4-8-19(21)17-28-25(32)22(29-24(31)18-6-2-1-3-7-18)16-20-10-11-23(34-20)36-26(35)30-12-14-33-15-13-30/h1-11,16H,12-15,17H2,(H,28,32)(H,29,31). The highest BCUT2D eigenvalue weighted by molar-refractivity contribution is 8.22. The third kappa shape index (κ3) is 7.20. The second-order valence-corrected chi connectivity index (χ2v) is 9.82. The van der Waals surface area contributed by atoms with Crippen molar-refractivity contribution in [2.24, 2.45) is 0 Å². The lowest BCUT2D eigenvalue weighted by Crippen LogP contribution is -2.38. The second-order valence-electron chi connectivity index (χ2n) is 7.78. The number of benzene rings is 2. The molecule has 0 bridgehead atoms. The number of hydrogen-bond acceptors (Lipinski definition) is 6. The van der Waals surface area contributed by atoms with E-state index in [9.17, 15) is 9.59 Å². The number of morpholine rings is 1. The summed E-state index contributed by atoms with van der Waals surface area (Å²) in [5, 5.41) is 6.63. The molecule has 2 aromatic carbocycles. The fourth-order valence-electron chi connectivity index (χ4n) is 3.36. The maximum atomic E-state index is 13.1. The normalized spacial score (nSPS) is 13.8. The van der Waals surface area contributed by atoms with Gasteiger partial charge in [-0.1, -0.05) is 60.2 Å². The molecule has 3 aromatic rings. The Labute approximate surface area is 223 Å². The first-order chi connectivity index (χ1) is 17.5. The molecule has 1 saturated heterocycles. The van der Waals surface area contributed by atoms with Gasteiger partial charge in [-0.25, -0.2) is 0 Å². The maximum Gasteiger partial charge on any atom is 0.268 e. The Morgan fingerprint density at radius 3 is 2.50 bits per heavy atom. The van der Waals surface area contributed by atoms with Crippen LogP contribution in [0.4, 0.5) is 0 Å². The van der Waals surface area contributed by atoms with Gasteiger partial charge < -0.3 is 24.7 Å². The number of hydrogen-bond donors (Lipinski definition) is 2. The number of thiocarbonyl (C=S) groups is 1. The van der Waals surface area contributed by atoms with E-state index < -0.39 is 11.8 Å². The summed E-state index contributed by atoms with van der Waals surface area (Å²) in [6.07, 6.45) is 1.49. The first-order valence-corrected chi connectivity index (χ1v) is 12.8. The molecule has 0 aliphatic carbocycles. The van der Waals surface area contributed by atoms with Crippen molar-refractivity contribution in [2.45, 2.75) is 11.6 Å². The summed E-state index contributed by atoms with van der Waals surface area (Å²) < 4.78 is 11.9. The number of rotatable bonds is 7. The molecule has 0 spiro atoms. The Bertz CT molecular complexity index is 1260. The molecule has 0 radical (unpaired) electrons. The lowest BCUT2D eigenvalue weighted by molar-refractivity contribution is -0.117.